The lowest BCUT2D eigenvalue weighted by Crippen LogP contribution is -2.43. The summed E-state index contributed by atoms with van der Waals surface area (Å²) >= 11 is 3.74. The molecule has 0 aliphatic carbocycles. The molecule has 2 fully saturated rings. The van der Waals surface area contributed by atoms with E-state index in [1.165, 1.54) is 17.7 Å². The van der Waals surface area contributed by atoms with E-state index in [2.05, 4.69) is 33.0 Å². The van der Waals surface area contributed by atoms with Crippen LogP contribution in [0.25, 0.3) is 0 Å². The molecule has 2 aliphatic heterocycles. The van der Waals surface area contributed by atoms with Crippen molar-refractivity contribution in [2.75, 3.05) is 37.7 Å². The fourth-order valence-electron chi connectivity index (χ4n) is 3.20. The molecule has 0 saturated carbocycles. The van der Waals surface area contributed by atoms with Gasteiger partial charge in [0.2, 0.25) is 5.91 Å². The van der Waals surface area contributed by atoms with E-state index in [4.69, 9.17) is 0 Å². The lowest BCUT2D eigenvalue weighted by Gasteiger charge is -2.27. The molecule has 1 amide bonds. The van der Waals surface area contributed by atoms with E-state index < -0.39 is 0 Å². The summed E-state index contributed by atoms with van der Waals surface area (Å²) in [5.74, 6) is 2.39. The minimum absolute atomic E-state index is 0. The maximum absolute atomic E-state index is 12.2. The van der Waals surface area contributed by atoms with Gasteiger partial charge in [0.25, 0.3) is 0 Å². The maximum Gasteiger partial charge on any atom is 0.221 e. The number of likely N-dealkylation sites (tertiary alicyclic amines) is 1. The van der Waals surface area contributed by atoms with Crippen LogP contribution in [0.1, 0.15) is 30.2 Å². The van der Waals surface area contributed by atoms with Gasteiger partial charge in [-0.2, -0.15) is 11.8 Å². The van der Waals surface area contributed by atoms with Crippen molar-refractivity contribution >= 4 is 53.8 Å². The minimum Gasteiger partial charge on any atom is -0.354 e. The third kappa shape index (κ3) is 6.39. The van der Waals surface area contributed by atoms with Crippen LogP contribution in [-0.2, 0) is 4.79 Å². The van der Waals surface area contributed by atoms with Gasteiger partial charge in [-0.15, -0.1) is 36.2 Å². The fourth-order valence-corrected chi connectivity index (χ4v) is 5.01. The Morgan fingerprint density at radius 2 is 2.17 bits per heavy atom. The molecule has 3 rings (SSSR count). The van der Waals surface area contributed by atoms with E-state index in [0.29, 0.717) is 18.5 Å². The Hall–Kier alpha value is 0.0200. The molecular weight excluding hydrogens is 385 g/mol. The highest BCUT2D eigenvalue weighted by atomic mass is 35.5. The van der Waals surface area contributed by atoms with Crippen LogP contribution >= 0.6 is 47.9 Å². The molecule has 1 aromatic rings. The number of rotatable bonds is 6. The van der Waals surface area contributed by atoms with Crippen molar-refractivity contribution in [3.8, 4) is 0 Å². The molecule has 4 nitrogen and oxygen atoms in total. The first kappa shape index (κ1) is 22.1. The van der Waals surface area contributed by atoms with E-state index in [1.54, 1.807) is 11.3 Å². The normalized spacial score (nSPS) is 22.2. The number of nitrogens with one attached hydrogen (secondary N) is 2. The molecule has 2 aliphatic rings. The van der Waals surface area contributed by atoms with E-state index in [0.717, 1.165) is 37.7 Å². The quantitative estimate of drug-likeness (QED) is 0.754. The zero-order valence-corrected chi connectivity index (χ0v) is 17.0. The summed E-state index contributed by atoms with van der Waals surface area (Å²) in [6.45, 7) is 4.06. The van der Waals surface area contributed by atoms with Crippen molar-refractivity contribution in [1.29, 1.82) is 0 Å². The second-order valence-corrected chi connectivity index (χ2v) is 8.14. The Morgan fingerprint density at radius 3 is 2.79 bits per heavy atom. The van der Waals surface area contributed by atoms with Gasteiger partial charge >= 0.3 is 0 Å². The highest BCUT2D eigenvalue weighted by molar-refractivity contribution is 7.99. The topological polar surface area (TPSA) is 44.4 Å². The highest BCUT2D eigenvalue weighted by Crippen LogP contribution is 2.27. The van der Waals surface area contributed by atoms with E-state index in [-0.39, 0.29) is 30.7 Å². The maximum atomic E-state index is 12.2. The molecule has 2 atom stereocenters. The molecular formula is C16H27Cl2N3OS2. The number of carbonyl (C=O) groups is 1. The van der Waals surface area contributed by atoms with Crippen LogP contribution in [0.2, 0.25) is 0 Å². The zero-order valence-electron chi connectivity index (χ0n) is 13.7. The molecule has 0 aromatic carbocycles. The van der Waals surface area contributed by atoms with E-state index in [9.17, 15) is 4.79 Å². The van der Waals surface area contributed by atoms with Crippen LogP contribution in [0.5, 0.6) is 0 Å². The van der Waals surface area contributed by atoms with Crippen LogP contribution in [-0.4, -0.2) is 54.5 Å². The first-order chi connectivity index (χ1) is 10.8. The number of thiophene rings is 1. The van der Waals surface area contributed by atoms with Crippen LogP contribution < -0.4 is 10.6 Å². The van der Waals surface area contributed by atoms with Crippen molar-refractivity contribution in [3.05, 3.63) is 22.4 Å². The van der Waals surface area contributed by atoms with E-state index in [1.807, 2.05) is 11.8 Å². The molecule has 3 heterocycles. The van der Waals surface area contributed by atoms with Crippen molar-refractivity contribution in [3.63, 3.8) is 0 Å². The monoisotopic (exact) mass is 411 g/mol. The standard InChI is InChI=1S/C16H25N3OS2.2ClH/c20-16(10-13-12-21-9-5-17-13)18-11-14(15-4-3-8-22-15)19-6-1-2-7-19;;/h3-4,8,13-14,17H,1-2,5-7,9-12H2,(H,18,20);2*1H. The first-order valence-electron chi connectivity index (χ1n) is 8.18. The Labute approximate surface area is 165 Å². The van der Waals surface area contributed by atoms with Gasteiger partial charge in [0.1, 0.15) is 0 Å². The van der Waals surface area contributed by atoms with Gasteiger partial charge in [-0.05, 0) is 37.4 Å². The summed E-state index contributed by atoms with van der Waals surface area (Å²) in [6.07, 6.45) is 3.15. The number of carbonyl (C=O) groups excluding carboxylic acids is 1. The average molecular weight is 412 g/mol. The summed E-state index contributed by atoms with van der Waals surface area (Å²) in [6, 6.07) is 4.98. The number of hydrogen-bond acceptors (Lipinski definition) is 5. The minimum atomic E-state index is 0. The number of amides is 1. The number of nitrogens with zero attached hydrogens (tertiary/aromatic N) is 1. The predicted molar refractivity (Wildman–Crippen MR) is 109 cm³/mol. The molecule has 1 aromatic heterocycles. The molecule has 138 valence electrons. The van der Waals surface area contributed by atoms with Gasteiger partial charge in [0.05, 0.1) is 6.04 Å². The summed E-state index contributed by atoms with van der Waals surface area (Å²) in [4.78, 5) is 16.1. The van der Waals surface area contributed by atoms with Gasteiger partial charge in [-0.25, -0.2) is 0 Å². The van der Waals surface area contributed by atoms with Crippen molar-refractivity contribution < 1.29 is 4.79 Å². The Balaban J connectivity index is 0.00000144. The van der Waals surface area contributed by atoms with Gasteiger partial charge in [0, 0.05) is 41.9 Å². The average Bonchev–Trinajstić information content (AvgIpc) is 3.22. The highest BCUT2D eigenvalue weighted by Gasteiger charge is 2.25. The summed E-state index contributed by atoms with van der Waals surface area (Å²) in [5, 5.41) is 8.73. The van der Waals surface area contributed by atoms with Crippen LogP contribution in [0.3, 0.4) is 0 Å². The number of hydrogen-bond donors (Lipinski definition) is 2. The molecule has 24 heavy (non-hydrogen) atoms. The van der Waals surface area contributed by atoms with Crippen molar-refractivity contribution in [1.82, 2.24) is 15.5 Å². The van der Waals surface area contributed by atoms with E-state index >= 15 is 0 Å². The van der Waals surface area contributed by atoms with Crippen molar-refractivity contribution in [2.24, 2.45) is 0 Å². The number of thioether (sulfide) groups is 1. The third-order valence-electron chi connectivity index (χ3n) is 4.38. The largest absolute Gasteiger partial charge is 0.354 e. The SMILES string of the molecule is Cl.Cl.O=C(CC1CSCCN1)NCC(c1cccs1)N1CCCC1. The molecule has 0 bridgehead atoms. The third-order valence-corrected chi connectivity index (χ3v) is 6.48. The molecule has 8 heteroatoms. The first-order valence-corrected chi connectivity index (χ1v) is 10.2. The van der Waals surface area contributed by atoms with Crippen molar-refractivity contribution in [2.45, 2.75) is 31.3 Å². The number of halogens is 2. The van der Waals surface area contributed by atoms with Gasteiger partial charge in [-0.3, -0.25) is 9.69 Å². The molecule has 0 spiro atoms. The second-order valence-electron chi connectivity index (χ2n) is 6.01. The van der Waals surface area contributed by atoms with Gasteiger partial charge < -0.3 is 10.6 Å². The second kappa shape index (κ2) is 11.6. The lowest BCUT2D eigenvalue weighted by molar-refractivity contribution is -0.121. The smallest absolute Gasteiger partial charge is 0.221 e. The predicted octanol–water partition coefficient (Wildman–Crippen LogP) is 2.94. The Morgan fingerprint density at radius 1 is 1.38 bits per heavy atom. The molecule has 0 radical (unpaired) electrons. The summed E-state index contributed by atoms with van der Waals surface area (Å²) < 4.78 is 0. The summed E-state index contributed by atoms with van der Waals surface area (Å²) in [7, 11) is 0. The molecule has 2 unspecified atom stereocenters. The van der Waals surface area contributed by atoms with Crippen LogP contribution in [0.4, 0.5) is 0 Å². The van der Waals surface area contributed by atoms with Crippen LogP contribution in [0, 0.1) is 0 Å². The Kier molecular flexibility index (Phi) is 10.7. The molecule has 2 saturated heterocycles. The van der Waals surface area contributed by atoms with Gasteiger partial charge in [0.15, 0.2) is 0 Å². The fraction of sp³-hybridized carbons (Fsp3) is 0.688. The molecule has 2 N–H and O–H groups in total. The van der Waals surface area contributed by atoms with Crippen LogP contribution in [0.15, 0.2) is 17.5 Å². The van der Waals surface area contributed by atoms with Gasteiger partial charge in [-0.1, -0.05) is 6.07 Å². The lowest BCUT2D eigenvalue weighted by atomic mass is 10.2. The summed E-state index contributed by atoms with van der Waals surface area (Å²) in [5.41, 5.74) is 0. The Bertz CT molecular complexity index is 464. The zero-order chi connectivity index (χ0) is 15.2.